The Morgan fingerprint density at radius 2 is 0.870 bits per heavy atom. The monoisotopic (exact) mass is 724 g/mol. The lowest BCUT2D eigenvalue weighted by Gasteiger charge is -2.22. The van der Waals surface area contributed by atoms with Gasteiger partial charge in [-0.05, 0) is 126 Å². The van der Waals surface area contributed by atoms with Gasteiger partial charge in [-0.15, -0.1) is 22.7 Å². The van der Waals surface area contributed by atoms with Gasteiger partial charge in [0.25, 0.3) is 0 Å². The summed E-state index contributed by atoms with van der Waals surface area (Å²) >= 11 is 3.81. The number of hydrogen-bond donors (Lipinski definition) is 0. The maximum Gasteiger partial charge on any atom is 0.0361 e. The van der Waals surface area contributed by atoms with Crippen LogP contribution in [0.4, 0.5) is 0 Å². The Kier molecular flexibility index (Phi) is 7.27. The highest BCUT2D eigenvalue weighted by molar-refractivity contribution is 7.26. The van der Waals surface area contributed by atoms with Crippen molar-refractivity contribution >= 4 is 95.3 Å². The third-order valence-electron chi connectivity index (χ3n) is 11.7. The van der Waals surface area contributed by atoms with E-state index < -0.39 is 0 Å². The molecule has 0 bridgehead atoms. The molecule has 2 heterocycles. The molecule has 0 atom stereocenters. The van der Waals surface area contributed by atoms with Crippen molar-refractivity contribution in [3.63, 3.8) is 0 Å². The van der Waals surface area contributed by atoms with Gasteiger partial charge in [-0.1, -0.05) is 135 Å². The van der Waals surface area contributed by atoms with E-state index in [0.29, 0.717) is 0 Å². The lowest BCUT2D eigenvalue weighted by molar-refractivity contribution is 1.13. The van der Waals surface area contributed by atoms with Crippen LogP contribution in [-0.4, -0.2) is 0 Å². The van der Waals surface area contributed by atoms with E-state index in [2.05, 4.69) is 172 Å². The van der Waals surface area contributed by atoms with E-state index in [4.69, 9.17) is 0 Å². The number of rotatable bonds is 5. The van der Waals surface area contributed by atoms with Crippen LogP contribution in [0.1, 0.15) is 25.0 Å². The van der Waals surface area contributed by atoms with E-state index in [1.807, 2.05) is 22.7 Å². The van der Waals surface area contributed by atoms with Crippen LogP contribution >= 0.6 is 22.7 Å². The summed E-state index contributed by atoms with van der Waals surface area (Å²) in [4.78, 5) is 0. The first kappa shape index (κ1) is 31.7. The lowest BCUT2D eigenvalue weighted by Crippen LogP contribution is -1.98. The van der Waals surface area contributed by atoms with Crippen molar-refractivity contribution in [2.24, 2.45) is 0 Å². The van der Waals surface area contributed by atoms with Crippen molar-refractivity contribution in [3.8, 4) is 33.4 Å². The molecular formula is C52H36S2. The van der Waals surface area contributed by atoms with Crippen molar-refractivity contribution in [3.05, 3.63) is 169 Å². The van der Waals surface area contributed by atoms with Gasteiger partial charge in [0.1, 0.15) is 0 Å². The maximum absolute atomic E-state index is 2.55. The van der Waals surface area contributed by atoms with Crippen molar-refractivity contribution < 1.29 is 0 Å². The van der Waals surface area contributed by atoms with E-state index in [1.54, 1.807) is 0 Å². The topological polar surface area (TPSA) is 0 Å². The summed E-state index contributed by atoms with van der Waals surface area (Å²) in [5.41, 5.74) is 10.7. The molecule has 11 rings (SSSR count). The SMILES string of the molecule is CCc1ccccc1-c1cc(-c2c3ccccc3c(-c3ccc4c(c3)sc3ccccc34)c3ccccc23)c2cc3c(cc2c1CC)sc1ccccc13. The third-order valence-corrected chi connectivity index (χ3v) is 13.9. The minimum atomic E-state index is 0.960. The zero-order valence-electron chi connectivity index (χ0n) is 30.2. The summed E-state index contributed by atoms with van der Waals surface area (Å²) in [5, 5.41) is 13.2. The van der Waals surface area contributed by atoms with Gasteiger partial charge in [-0.2, -0.15) is 0 Å². The van der Waals surface area contributed by atoms with Crippen LogP contribution < -0.4 is 0 Å². The molecule has 0 fully saturated rings. The quantitative estimate of drug-likeness (QED) is 0.155. The van der Waals surface area contributed by atoms with E-state index >= 15 is 0 Å². The zero-order valence-corrected chi connectivity index (χ0v) is 31.9. The highest BCUT2D eigenvalue weighted by atomic mass is 32.1. The summed E-state index contributed by atoms with van der Waals surface area (Å²) in [6, 6.07) is 59.7. The number of aryl methyl sites for hydroxylation is 2. The maximum atomic E-state index is 2.55. The summed E-state index contributed by atoms with van der Waals surface area (Å²) < 4.78 is 5.37. The summed E-state index contributed by atoms with van der Waals surface area (Å²) in [6.07, 6.45) is 1.95. The van der Waals surface area contributed by atoms with Crippen molar-refractivity contribution in [2.75, 3.05) is 0 Å². The standard InChI is InChI=1S/C52H36S2/c1-3-31-15-5-6-16-34(31)42-29-46(43-28-45-36-18-12-14-24-48(36)54-50(45)30-44(43)33(42)4-2)52-40-21-9-7-19-38(40)51(39-20-8-10-22-41(39)52)32-25-26-37-35-17-11-13-23-47(35)53-49(37)27-32/h5-30H,3-4H2,1-2H3. The van der Waals surface area contributed by atoms with Crippen LogP contribution in [0, 0.1) is 0 Å². The molecule has 0 saturated carbocycles. The van der Waals surface area contributed by atoms with Crippen molar-refractivity contribution in [1.82, 2.24) is 0 Å². The molecule has 0 saturated heterocycles. The molecule has 0 amide bonds. The van der Waals surface area contributed by atoms with Crippen LogP contribution in [-0.2, 0) is 12.8 Å². The van der Waals surface area contributed by atoms with Gasteiger partial charge in [-0.25, -0.2) is 0 Å². The minimum Gasteiger partial charge on any atom is -0.135 e. The molecular weight excluding hydrogens is 689 g/mol. The molecule has 0 nitrogen and oxygen atoms in total. The van der Waals surface area contributed by atoms with E-state index in [1.165, 1.54) is 117 Å². The Morgan fingerprint density at radius 3 is 1.52 bits per heavy atom. The van der Waals surface area contributed by atoms with Crippen LogP contribution in [0.2, 0.25) is 0 Å². The average Bonchev–Trinajstić information content (AvgIpc) is 3.79. The second kappa shape index (κ2) is 12.4. The fourth-order valence-corrected chi connectivity index (χ4v) is 11.5. The highest BCUT2D eigenvalue weighted by Crippen LogP contribution is 2.50. The van der Waals surface area contributed by atoms with Crippen LogP contribution in [0.5, 0.6) is 0 Å². The molecule has 2 aromatic heterocycles. The molecule has 0 aliphatic rings. The molecule has 0 radical (unpaired) electrons. The van der Waals surface area contributed by atoms with E-state index in [9.17, 15) is 0 Å². The molecule has 0 N–H and O–H groups in total. The van der Waals surface area contributed by atoms with Gasteiger partial charge in [-0.3, -0.25) is 0 Å². The fourth-order valence-electron chi connectivity index (χ4n) is 9.23. The molecule has 11 aromatic rings. The second-order valence-corrected chi connectivity index (χ2v) is 16.6. The molecule has 0 aliphatic heterocycles. The first-order valence-electron chi connectivity index (χ1n) is 19.0. The molecule has 9 aromatic carbocycles. The predicted octanol–water partition coefficient (Wildman–Crippen LogP) is 16.0. The Bertz CT molecular complexity index is 3240. The molecule has 54 heavy (non-hydrogen) atoms. The van der Waals surface area contributed by atoms with Gasteiger partial charge in [0.15, 0.2) is 0 Å². The number of thiophene rings is 2. The largest absolute Gasteiger partial charge is 0.135 e. The molecule has 2 heteroatoms. The first-order chi connectivity index (χ1) is 26.7. The predicted molar refractivity (Wildman–Crippen MR) is 240 cm³/mol. The Hall–Kier alpha value is -5.80. The van der Waals surface area contributed by atoms with E-state index in [0.717, 1.165) is 12.8 Å². The fraction of sp³-hybridized carbons (Fsp3) is 0.0769. The molecule has 0 unspecified atom stereocenters. The zero-order chi connectivity index (χ0) is 35.9. The third kappa shape index (κ3) is 4.67. The Balaban J connectivity index is 1.29. The number of hydrogen-bond acceptors (Lipinski definition) is 2. The number of benzene rings is 9. The summed E-state index contributed by atoms with van der Waals surface area (Å²) in [5.74, 6) is 0. The molecule has 0 aliphatic carbocycles. The molecule has 0 spiro atoms. The van der Waals surface area contributed by atoms with Gasteiger partial charge in [0.2, 0.25) is 0 Å². The Labute approximate surface area is 322 Å². The van der Waals surface area contributed by atoms with Crippen LogP contribution in [0.3, 0.4) is 0 Å². The second-order valence-electron chi connectivity index (χ2n) is 14.5. The number of fused-ring (bicyclic) bond motifs is 9. The smallest absolute Gasteiger partial charge is 0.0361 e. The van der Waals surface area contributed by atoms with Crippen molar-refractivity contribution in [1.29, 1.82) is 0 Å². The van der Waals surface area contributed by atoms with Crippen molar-refractivity contribution in [2.45, 2.75) is 26.7 Å². The minimum absolute atomic E-state index is 0.960. The van der Waals surface area contributed by atoms with Gasteiger partial charge >= 0.3 is 0 Å². The van der Waals surface area contributed by atoms with Crippen LogP contribution in [0.25, 0.3) is 106 Å². The summed E-state index contributed by atoms with van der Waals surface area (Å²) in [7, 11) is 0. The first-order valence-corrected chi connectivity index (χ1v) is 20.7. The summed E-state index contributed by atoms with van der Waals surface area (Å²) in [6.45, 7) is 4.61. The normalized spacial score (nSPS) is 12.0. The van der Waals surface area contributed by atoms with E-state index in [-0.39, 0.29) is 0 Å². The lowest BCUT2D eigenvalue weighted by atomic mass is 9.81. The molecule has 256 valence electrons. The van der Waals surface area contributed by atoms with Crippen LogP contribution in [0.15, 0.2) is 158 Å². The Morgan fingerprint density at radius 1 is 0.333 bits per heavy atom. The highest BCUT2D eigenvalue weighted by Gasteiger charge is 2.23. The average molecular weight is 725 g/mol. The van der Waals surface area contributed by atoms with Gasteiger partial charge < -0.3 is 0 Å². The van der Waals surface area contributed by atoms with Gasteiger partial charge in [0.05, 0.1) is 0 Å². The van der Waals surface area contributed by atoms with Gasteiger partial charge in [0, 0.05) is 40.3 Å².